The van der Waals surface area contributed by atoms with Crippen molar-refractivity contribution < 1.29 is 18.3 Å². The van der Waals surface area contributed by atoms with Crippen molar-refractivity contribution in [2.45, 2.75) is 11.4 Å². The number of benzene rings is 1. The van der Waals surface area contributed by atoms with Crippen molar-refractivity contribution in [2.24, 2.45) is 5.10 Å². The summed E-state index contributed by atoms with van der Waals surface area (Å²) in [5.41, 5.74) is 0.771. The largest absolute Gasteiger partial charge is 0.384 e. The van der Waals surface area contributed by atoms with Crippen molar-refractivity contribution in [1.29, 1.82) is 0 Å². The fourth-order valence-corrected chi connectivity index (χ4v) is 5.22. The average Bonchev–Trinajstić information content (AvgIpc) is 3.08. The minimum absolute atomic E-state index is 0.0242. The number of fused-ring (bicyclic) bond motifs is 1. The number of rotatable bonds is 3. The average molecular weight is 424 g/mol. The van der Waals surface area contributed by atoms with Crippen LogP contribution in [0.5, 0.6) is 0 Å². The summed E-state index contributed by atoms with van der Waals surface area (Å²) in [6.07, 6.45) is 0. The molecular weight excluding hydrogens is 410 g/mol. The molecule has 0 unspecified atom stereocenters. The molecule has 0 spiro atoms. The second-order valence-corrected chi connectivity index (χ2v) is 8.78. The van der Waals surface area contributed by atoms with E-state index in [1.807, 2.05) is 0 Å². The first-order valence-electron chi connectivity index (χ1n) is 7.66. The Kier molecular flexibility index (Phi) is 5.53. The summed E-state index contributed by atoms with van der Waals surface area (Å²) >= 11 is 6.94. The highest BCUT2D eigenvalue weighted by molar-refractivity contribution is 8.08. The van der Waals surface area contributed by atoms with Crippen LogP contribution in [-0.4, -0.2) is 38.1 Å². The maximum atomic E-state index is 12.8. The minimum atomic E-state index is -4.07. The van der Waals surface area contributed by atoms with E-state index in [4.69, 9.17) is 16.7 Å². The van der Waals surface area contributed by atoms with Gasteiger partial charge in [0.1, 0.15) is 16.5 Å². The summed E-state index contributed by atoms with van der Waals surface area (Å²) in [4.78, 5) is 12.9. The van der Waals surface area contributed by atoms with Crippen molar-refractivity contribution >= 4 is 48.7 Å². The summed E-state index contributed by atoms with van der Waals surface area (Å²) in [5.74, 6) is 4.34. The number of hydrazone groups is 1. The maximum Gasteiger partial charge on any atom is 0.284 e. The molecule has 7 nitrogen and oxygen atoms in total. The molecular formula is C17H14ClN3O4S2. The van der Waals surface area contributed by atoms with Crippen LogP contribution in [0.2, 0.25) is 5.02 Å². The summed E-state index contributed by atoms with van der Waals surface area (Å²) in [7, 11) is -2.52. The van der Waals surface area contributed by atoms with E-state index in [2.05, 4.69) is 22.3 Å². The molecule has 0 bridgehead atoms. The van der Waals surface area contributed by atoms with Crippen LogP contribution in [0.1, 0.15) is 10.4 Å². The number of amides is 1. The van der Waals surface area contributed by atoms with Gasteiger partial charge in [-0.15, -0.1) is 11.3 Å². The van der Waals surface area contributed by atoms with Crippen molar-refractivity contribution in [3.8, 4) is 11.8 Å². The van der Waals surface area contributed by atoms with E-state index < -0.39 is 20.8 Å². The molecule has 3 rings (SSSR count). The lowest BCUT2D eigenvalue weighted by Gasteiger charge is -2.20. The van der Waals surface area contributed by atoms with Gasteiger partial charge in [-0.2, -0.15) is 5.10 Å². The molecule has 1 amide bonds. The lowest BCUT2D eigenvalue weighted by molar-refractivity contribution is -0.114. The molecule has 27 heavy (non-hydrogen) atoms. The molecule has 10 heteroatoms. The minimum Gasteiger partial charge on any atom is -0.384 e. The zero-order valence-electron chi connectivity index (χ0n) is 14.1. The summed E-state index contributed by atoms with van der Waals surface area (Å²) in [6, 6.07) is 8.20. The SMILES string of the molecule is CN1N=C(C(=O)NCc2ccc(Cl)cc2)S(=O)(=O)c2cc(C#CCO)sc21. The van der Waals surface area contributed by atoms with Gasteiger partial charge in [0.05, 0.1) is 4.88 Å². The van der Waals surface area contributed by atoms with Crippen LogP contribution in [0.4, 0.5) is 5.00 Å². The third-order valence-electron chi connectivity index (χ3n) is 3.61. The van der Waals surface area contributed by atoms with Crippen LogP contribution in [0.3, 0.4) is 0 Å². The van der Waals surface area contributed by atoms with Crippen molar-refractivity contribution in [3.63, 3.8) is 0 Å². The number of halogens is 1. The Morgan fingerprint density at radius 2 is 2.07 bits per heavy atom. The number of carbonyl (C=O) groups excluding carboxylic acids is 1. The van der Waals surface area contributed by atoms with Gasteiger partial charge in [-0.05, 0) is 23.8 Å². The number of anilines is 1. The highest BCUT2D eigenvalue weighted by Gasteiger charge is 2.38. The van der Waals surface area contributed by atoms with Crippen LogP contribution in [0.15, 0.2) is 40.3 Å². The third-order valence-corrected chi connectivity index (χ3v) is 6.77. The van der Waals surface area contributed by atoms with E-state index in [0.717, 1.165) is 16.9 Å². The van der Waals surface area contributed by atoms with E-state index in [-0.39, 0.29) is 18.0 Å². The van der Waals surface area contributed by atoms with Gasteiger partial charge < -0.3 is 10.4 Å². The van der Waals surface area contributed by atoms with E-state index >= 15 is 0 Å². The second-order valence-electron chi connectivity index (χ2n) is 5.48. The second kappa shape index (κ2) is 7.70. The van der Waals surface area contributed by atoms with E-state index in [0.29, 0.717) is 14.9 Å². The van der Waals surface area contributed by atoms with Gasteiger partial charge in [-0.25, -0.2) is 8.42 Å². The molecule has 1 aromatic heterocycles. The fraction of sp³-hybridized carbons (Fsp3) is 0.176. The van der Waals surface area contributed by atoms with Gasteiger partial charge in [0.15, 0.2) is 0 Å². The molecule has 0 saturated carbocycles. The smallest absolute Gasteiger partial charge is 0.284 e. The van der Waals surface area contributed by atoms with Crippen molar-refractivity contribution in [1.82, 2.24) is 5.32 Å². The Bertz CT molecular complexity index is 1080. The number of aliphatic hydroxyl groups is 1. The van der Waals surface area contributed by atoms with Crippen molar-refractivity contribution in [2.75, 3.05) is 18.7 Å². The van der Waals surface area contributed by atoms with Crippen LogP contribution in [0.25, 0.3) is 0 Å². The van der Waals surface area contributed by atoms with Gasteiger partial charge in [-0.3, -0.25) is 9.80 Å². The van der Waals surface area contributed by atoms with E-state index in [1.165, 1.54) is 11.1 Å². The first kappa shape index (κ1) is 19.4. The van der Waals surface area contributed by atoms with Crippen LogP contribution in [0, 0.1) is 11.8 Å². The van der Waals surface area contributed by atoms with Crippen LogP contribution < -0.4 is 10.3 Å². The van der Waals surface area contributed by atoms with Crippen molar-refractivity contribution in [3.05, 3.63) is 45.8 Å². The maximum absolute atomic E-state index is 12.8. The zero-order chi connectivity index (χ0) is 19.6. The highest BCUT2D eigenvalue weighted by atomic mass is 35.5. The Labute approximate surface area is 165 Å². The number of sulfone groups is 1. The summed E-state index contributed by atoms with van der Waals surface area (Å²) in [6.45, 7) is -0.196. The molecule has 0 radical (unpaired) electrons. The van der Waals surface area contributed by atoms with Gasteiger partial charge in [0.2, 0.25) is 14.9 Å². The number of carbonyl (C=O) groups is 1. The lowest BCUT2D eigenvalue weighted by atomic mass is 10.2. The normalized spacial score (nSPS) is 14.6. The Hall–Kier alpha value is -2.38. The van der Waals surface area contributed by atoms with Crippen LogP contribution >= 0.6 is 22.9 Å². The highest BCUT2D eigenvalue weighted by Crippen LogP contribution is 2.38. The topological polar surface area (TPSA) is 99.1 Å². The molecule has 2 N–H and O–H groups in total. The summed E-state index contributed by atoms with van der Waals surface area (Å²) in [5, 5.41) is 17.0. The molecule has 0 saturated heterocycles. The number of hydrogen-bond donors (Lipinski definition) is 2. The first-order chi connectivity index (χ1) is 12.8. The third kappa shape index (κ3) is 3.99. The molecule has 0 atom stereocenters. The lowest BCUT2D eigenvalue weighted by Crippen LogP contribution is -2.39. The molecule has 2 aromatic rings. The summed E-state index contributed by atoms with van der Waals surface area (Å²) < 4.78 is 25.6. The van der Waals surface area contributed by atoms with E-state index in [1.54, 1.807) is 31.3 Å². The van der Waals surface area contributed by atoms with Crippen LogP contribution in [-0.2, 0) is 21.2 Å². The molecule has 140 valence electrons. The first-order valence-corrected chi connectivity index (χ1v) is 10.3. The Morgan fingerprint density at radius 3 is 2.74 bits per heavy atom. The molecule has 0 aliphatic carbocycles. The number of thiophene rings is 1. The molecule has 1 aromatic carbocycles. The predicted octanol–water partition coefficient (Wildman–Crippen LogP) is 1.60. The number of nitrogens with one attached hydrogen (secondary N) is 1. The number of aliphatic hydroxyl groups excluding tert-OH is 1. The molecule has 1 aliphatic heterocycles. The van der Waals surface area contributed by atoms with Gasteiger partial charge >= 0.3 is 0 Å². The Morgan fingerprint density at radius 1 is 1.37 bits per heavy atom. The quantitative estimate of drug-likeness (QED) is 0.730. The number of hydrogen-bond acceptors (Lipinski definition) is 7. The standard InChI is InChI=1S/C17H14ClN3O4S2/c1-21-17-14(9-13(26-17)3-2-8-22)27(24,25)16(20-21)15(23)19-10-11-4-6-12(18)7-5-11/h4-7,9,22H,8,10H2,1H3,(H,19,23). The van der Waals surface area contributed by atoms with E-state index in [9.17, 15) is 13.2 Å². The monoisotopic (exact) mass is 423 g/mol. The van der Waals surface area contributed by atoms with Gasteiger partial charge in [0.25, 0.3) is 5.91 Å². The zero-order valence-corrected chi connectivity index (χ0v) is 16.5. The fourth-order valence-electron chi connectivity index (χ4n) is 2.34. The predicted molar refractivity (Wildman–Crippen MR) is 105 cm³/mol. The molecule has 0 fully saturated rings. The number of nitrogens with zero attached hydrogens (tertiary/aromatic N) is 2. The van der Waals surface area contributed by atoms with Gasteiger partial charge in [-0.1, -0.05) is 35.6 Å². The molecule has 1 aliphatic rings. The molecule has 2 heterocycles. The van der Waals surface area contributed by atoms with Gasteiger partial charge in [0, 0.05) is 18.6 Å². The Balaban J connectivity index is 1.84.